The third-order valence-corrected chi connectivity index (χ3v) is 2.60. The molecule has 0 radical (unpaired) electrons. The molecule has 2 nitrogen and oxygen atoms in total. The summed E-state index contributed by atoms with van der Waals surface area (Å²) in [4.78, 5) is 10.9. The zero-order valence-corrected chi connectivity index (χ0v) is 13.5. The maximum absolute atomic E-state index is 10.9. The van der Waals surface area contributed by atoms with Crippen molar-refractivity contribution >= 4 is 0 Å². The van der Waals surface area contributed by atoms with Gasteiger partial charge in [0.2, 0.25) is 0 Å². The van der Waals surface area contributed by atoms with Gasteiger partial charge in [0.15, 0.2) is 0 Å². The average Bonchev–Trinajstić information content (AvgIpc) is 2.77. The van der Waals surface area contributed by atoms with Crippen molar-refractivity contribution in [2.75, 3.05) is 0 Å². The van der Waals surface area contributed by atoms with E-state index in [9.17, 15) is 4.79 Å². The molecule has 0 amide bonds. The predicted octanol–water partition coefficient (Wildman–Crippen LogP) is -1.27. The molecule has 0 spiro atoms. The van der Waals surface area contributed by atoms with E-state index in [-0.39, 0.29) is 69.1 Å². The Bertz CT molecular complexity index is 358. The van der Waals surface area contributed by atoms with E-state index in [0.29, 0.717) is 5.41 Å². The molecule has 1 aromatic carbocycles. The van der Waals surface area contributed by atoms with E-state index < -0.39 is 0 Å². The second-order valence-electron chi connectivity index (χ2n) is 3.69. The molecule has 1 aromatic rings. The SMILES string of the molecule is CC1(c2cc[c-]c(=O)cc2)CC1.[OH-].[Rb+]. The Morgan fingerprint density at radius 3 is 2.50 bits per heavy atom. The van der Waals surface area contributed by atoms with Crippen LogP contribution in [0.15, 0.2) is 29.1 Å². The van der Waals surface area contributed by atoms with Crippen LogP contribution in [-0.2, 0) is 5.41 Å². The second-order valence-corrected chi connectivity index (χ2v) is 3.69. The van der Waals surface area contributed by atoms with Crippen LogP contribution >= 0.6 is 0 Å². The van der Waals surface area contributed by atoms with Gasteiger partial charge in [-0.3, -0.25) is 0 Å². The van der Waals surface area contributed by atoms with E-state index in [1.54, 1.807) is 12.1 Å². The van der Waals surface area contributed by atoms with Crippen molar-refractivity contribution in [3.05, 3.63) is 46.1 Å². The number of hydrogen-bond donors (Lipinski definition) is 0. The third kappa shape index (κ3) is 3.35. The van der Waals surface area contributed by atoms with Gasteiger partial charge in [0.25, 0.3) is 0 Å². The molecule has 0 atom stereocenters. The molecule has 0 heterocycles. The Balaban J connectivity index is 0.000000845. The molecule has 0 saturated heterocycles. The molecule has 1 aliphatic carbocycles. The van der Waals surface area contributed by atoms with Crippen molar-refractivity contribution in [2.45, 2.75) is 25.2 Å². The Labute approximate surface area is 133 Å². The summed E-state index contributed by atoms with van der Waals surface area (Å²) in [7, 11) is 0. The van der Waals surface area contributed by atoms with Gasteiger partial charge in [0.05, 0.1) is 5.43 Å². The summed E-state index contributed by atoms with van der Waals surface area (Å²) >= 11 is 0. The normalized spacial score (nSPS) is 16.1. The first-order valence-electron chi connectivity index (χ1n) is 4.23. The van der Waals surface area contributed by atoms with Crippen molar-refractivity contribution < 1.29 is 63.7 Å². The Hall–Kier alpha value is 0.655. The molecule has 1 fully saturated rings. The van der Waals surface area contributed by atoms with Gasteiger partial charge in [-0.05, 0) is 18.3 Å². The summed E-state index contributed by atoms with van der Waals surface area (Å²) in [5.74, 6) is 0. The van der Waals surface area contributed by atoms with Crippen LogP contribution in [0.25, 0.3) is 0 Å². The molecule has 70 valence electrons. The van der Waals surface area contributed by atoms with Gasteiger partial charge in [-0.15, -0.1) is 23.8 Å². The van der Waals surface area contributed by atoms with Gasteiger partial charge in [0, 0.05) is 0 Å². The predicted molar refractivity (Wildman–Crippen MR) is 50.1 cm³/mol. The molecular formula is C11H12O2Rb-. The van der Waals surface area contributed by atoms with E-state index in [1.807, 2.05) is 12.1 Å². The summed E-state index contributed by atoms with van der Waals surface area (Å²) in [6.07, 6.45) is 2.48. The molecule has 0 aromatic heterocycles. The monoisotopic (exact) mass is 261 g/mol. The first-order valence-corrected chi connectivity index (χ1v) is 4.23. The summed E-state index contributed by atoms with van der Waals surface area (Å²) in [5, 5.41) is 0. The van der Waals surface area contributed by atoms with Gasteiger partial charge < -0.3 is 10.3 Å². The molecular weight excluding hydrogens is 250 g/mol. The van der Waals surface area contributed by atoms with Crippen LogP contribution in [0.5, 0.6) is 0 Å². The molecule has 1 N–H and O–H groups in total. The standard InChI is InChI=1S/C11H11O.H2O.Rb/c1-11(7-8-11)9-3-2-4-10(12)6-5-9;;/h2-3,5-6H,7-8H2,1H3;1H2;/q-1;;+1/p-1. The summed E-state index contributed by atoms with van der Waals surface area (Å²) in [6, 6.07) is 9.88. The molecule has 1 saturated carbocycles. The first kappa shape index (κ1) is 14.7. The van der Waals surface area contributed by atoms with Crippen LogP contribution in [-0.4, -0.2) is 5.48 Å². The van der Waals surface area contributed by atoms with Gasteiger partial charge >= 0.3 is 58.2 Å². The van der Waals surface area contributed by atoms with E-state index in [4.69, 9.17) is 0 Å². The van der Waals surface area contributed by atoms with E-state index in [0.717, 1.165) is 0 Å². The minimum Gasteiger partial charge on any atom is -0.870 e. The molecule has 14 heavy (non-hydrogen) atoms. The minimum atomic E-state index is -0.0366. The smallest absolute Gasteiger partial charge is 0.870 e. The van der Waals surface area contributed by atoms with Crippen molar-refractivity contribution in [2.24, 2.45) is 0 Å². The molecule has 0 aliphatic heterocycles. The molecule has 0 unspecified atom stereocenters. The molecule has 0 bridgehead atoms. The van der Waals surface area contributed by atoms with Crippen molar-refractivity contribution in [1.82, 2.24) is 0 Å². The Morgan fingerprint density at radius 1 is 1.29 bits per heavy atom. The maximum Gasteiger partial charge on any atom is 1.00 e. The van der Waals surface area contributed by atoms with Crippen LogP contribution in [0, 0.1) is 6.07 Å². The minimum absolute atomic E-state index is 0. The Kier molecular flexibility index (Phi) is 5.93. The number of rotatable bonds is 1. The van der Waals surface area contributed by atoms with Gasteiger partial charge in [-0.1, -0.05) is 6.92 Å². The number of hydrogen-bond acceptors (Lipinski definition) is 2. The second kappa shape index (κ2) is 5.66. The van der Waals surface area contributed by atoms with Crippen LogP contribution < -0.4 is 63.6 Å². The van der Waals surface area contributed by atoms with Crippen LogP contribution in [0.2, 0.25) is 0 Å². The fourth-order valence-corrected chi connectivity index (χ4v) is 1.36. The summed E-state index contributed by atoms with van der Waals surface area (Å²) in [5.41, 5.74) is 1.57. The fourth-order valence-electron chi connectivity index (χ4n) is 1.36. The van der Waals surface area contributed by atoms with Crippen LogP contribution in [0.1, 0.15) is 25.3 Å². The molecule has 3 heteroatoms. The first-order chi connectivity index (χ1) is 5.71. The van der Waals surface area contributed by atoms with Gasteiger partial charge in [0.1, 0.15) is 0 Å². The third-order valence-electron chi connectivity index (χ3n) is 2.60. The van der Waals surface area contributed by atoms with Crippen LogP contribution in [0.3, 0.4) is 0 Å². The summed E-state index contributed by atoms with van der Waals surface area (Å²) in [6.45, 7) is 2.23. The van der Waals surface area contributed by atoms with Crippen molar-refractivity contribution in [1.29, 1.82) is 0 Å². The van der Waals surface area contributed by atoms with Crippen molar-refractivity contribution in [3.8, 4) is 0 Å². The largest absolute Gasteiger partial charge is 1.00 e. The topological polar surface area (TPSA) is 47.1 Å². The Morgan fingerprint density at radius 2 is 1.93 bits per heavy atom. The molecule has 2 rings (SSSR count). The zero-order valence-electron chi connectivity index (χ0n) is 8.58. The average molecular weight is 262 g/mol. The fraction of sp³-hybridized carbons (Fsp3) is 0.364. The van der Waals surface area contributed by atoms with E-state index in [1.165, 1.54) is 18.4 Å². The molecule has 1 aliphatic rings. The van der Waals surface area contributed by atoms with E-state index >= 15 is 0 Å². The quantitative estimate of drug-likeness (QED) is 0.592. The van der Waals surface area contributed by atoms with Crippen LogP contribution in [0.4, 0.5) is 0 Å². The van der Waals surface area contributed by atoms with Crippen molar-refractivity contribution in [3.63, 3.8) is 0 Å². The van der Waals surface area contributed by atoms with E-state index in [2.05, 4.69) is 13.0 Å². The van der Waals surface area contributed by atoms with Gasteiger partial charge in [-0.2, -0.15) is 12.1 Å². The van der Waals surface area contributed by atoms with Gasteiger partial charge in [-0.25, -0.2) is 0 Å². The maximum atomic E-state index is 10.9. The zero-order chi connectivity index (χ0) is 8.60. The summed E-state index contributed by atoms with van der Waals surface area (Å²) < 4.78 is 0.